The lowest BCUT2D eigenvalue weighted by Gasteiger charge is -2.48. The Balaban J connectivity index is 0.832. The second-order valence-electron chi connectivity index (χ2n) is 29.0. The first kappa shape index (κ1) is 97.5. The number of amides is 8. The first-order valence-electron chi connectivity index (χ1n) is 38.6. The summed E-state index contributed by atoms with van der Waals surface area (Å²) in [6.45, 7) is -4.61. The number of fused-ring (bicyclic) bond motifs is 1. The third-order valence-corrected chi connectivity index (χ3v) is 21.7. The number of carbonyl (C=O) groups excluding carboxylic acids is 7. The number of ether oxygens (including phenoxy) is 14. The summed E-state index contributed by atoms with van der Waals surface area (Å²) in [5, 5.41) is 212. The number of thioether (sulfide) groups is 1. The van der Waals surface area contributed by atoms with Crippen LogP contribution in [-0.4, -0.2) is 433 Å². The van der Waals surface area contributed by atoms with E-state index in [1.807, 2.05) is 0 Å². The van der Waals surface area contributed by atoms with Gasteiger partial charge in [-0.1, -0.05) is 6.42 Å². The first-order valence-corrected chi connectivity index (χ1v) is 39.7. The summed E-state index contributed by atoms with van der Waals surface area (Å²) in [5.74, 6) is -3.12. The van der Waals surface area contributed by atoms with E-state index in [2.05, 4.69) is 42.5 Å². The Labute approximate surface area is 679 Å². The predicted octanol–water partition coefficient (Wildman–Crippen LogP) is -13.1. The van der Waals surface area contributed by atoms with Crippen molar-refractivity contribution in [2.45, 2.75) is 255 Å². The molecule has 0 bridgehead atoms. The van der Waals surface area contributed by atoms with E-state index in [4.69, 9.17) is 66.3 Å². The highest BCUT2D eigenvalue weighted by Gasteiger charge is 2.56. The van der Waals surface area contributed by atoms with Crippen molar-refractivity contribution < 1.29 is 192 Å². The van der Waals surface area contributed by atoms with E-state index in [-0.39, 0.29) is 105 Å². The molecule has 48 heteroatoms. The third kappa shape index (κ3) is 27.0. The maximum absolute atomic E-state index is 13.7. The Hall–Kier alpha value is -5.94. The van der Waals surface area contributed by atoms with Gasteiger partial charge in [0.25, 0.3) is 17.7 Å². The fourth-order valence-electron chi connectivity index (χ4n) is 13.8. The molecule has 7 aliphatic heterocycles. The molecule has 0 aliphatic carbocycles. The minimum Gasteiger partial charge on any atom is -0.484 e. The smallest absolute Gasteiger partial charge is 0.315 e. The van der Waals surface area contributed by atoms with Gasteiger partial charge in [-0.3, -0.25) is 28.8 Å². The molecule has 8 rings (SSSR count). The van der Waals surface area contributed by atoms with Crippen molar-refractivity contribution in [3.63, 3.8) is 0 Å². The van der Waals surface area contributed by atoms with Gasteiger partial charge in [0, 0.05) is 69.1 Å². The van der Waals surface area contributed by atoms with Crippen LogP contribution in [0.3, 0.4) is 0 Å². The van der Waals surface area contributed by atoms with Gasteiger partial charge in [-0.25, -0.2) is 4.79 Å². The Morgan fingerprint density at radius 2 is 1.00 bits per heavy atom. The first-order chi connectivity index (χ1) is 56.3. The molecular formula is C70H114N8O39S. The summed E-state index contributed by atoms with van der Waals surface area (Å²) >= 11 is 1.77. The Bertz CT molecular complexity index is 3300. The minimum atomic E-state index is -2.06. The molecule has 7 fully saturated rings. The number of nitrogens with one attached hydrogen (secondary N) is 8. The van der Waals surface area contributed by atoms with Crippen LogP contribution < -0.4 is 52.0 Å². The number of hydrogen-bond acceptors (Lipinski definition) is 40. The molecule has 0 aromatic heterocycles. The highest BCUT2D eigenvalue weighted by atomic mass is 32.2. The molecule has 0 radical (unpaired) electrons. The molecule has 7 aliphatic rings. The normalized spacial score (nSPS) is 35.1. The highest BCUT2D eigenvalue weighted by Crippen LogP contribution is 2.36. The number of urea groups is 1. The maximum atomic E-state index is 13.7. The van der Waals surface area contributed by atoms with Crippen LogP contribution in [0.1, 0.15) is 69.7 Å². The van der Waals surface area contributed by atoms with Crippen molar-refractivity contribution in [1.82, 2.24) is 42.5 Å². The van der Waals surface area contributed by atoms with Crippen LogP contribution in [0.25, 0.3) is 0 Å². The second kappa shape index (κ2) is 47.6. The van der Waals surface area contributed by atoms with Gasteiger partial charge in [-0.2, -0.15) is 11.8 Å². The Morgan fingerprint density at radius 3 is 1.53 bits per heavy atom. The van der Waals surface area contributed by atoms with Gasteiger partial charge < -0.3 is 201 Å². The van der Waals surface area contributed by atoms with Gasteiger partial charge in [0.15, 0.2) is 51.0 Å². The molecule has 47 nitrogen and oxygen atoms in total. The van der Waals surface area contributed by atoms with Crippen molar-refractivity contribution in [2.24, 2.45) is 0 Å². The molecular weight excluding hydrogens is 1610 g/mol. The number of aliphatic hydroxyl groups is 18. The minimum absolute atomic E-state index is 0.0333. The van der Waals surface area contributed by atoms with E-state index in [1.54, 1.807) is 11.8 Å². The summed E-state index contributed by atoms with van der Waals surface area (Å²) in [4.78, 5) is 89.9. The zero-order valence-electron chi connectivity index (χ0n) is 64.8. The summed E-state index contributed by atoms with van der Waals surface area (Å²) < 4.78 is 80.2. The number of unbranched alkanes of at least 4 members (excludes halogenated alkanes) is 1. The van der Waals surface area contributed by atoms with Crippen LogP contribution in [-0.2, 0) is 80.8 Å². The molecule has 27 unspecified atom stereocenters. The van der Waals surface area contributed by atoms with Crippen LogP contribution >= 0.6 is 11.8 Å². The van der Waals surface area contributed by atoms with Gasteiger partial charge >= 0.3 is 6.03 Å². The van der Waals surface area contributed by atoms with Crippen LogP contribution in [0, 0.1) is 0 Å². The molecule has 674 valence electrons. The Morgan fingerprint density at radius 1 is 0.517 bits per heavy atom. The van der Waals surface area contributed by atoms with Crippen LogP contribution in [0.4, 0.5) is 4.79 Å². The van der Waals surface area contributed by atoms with E-state index in [0.29, 0.717) is 6.42 Å². The van der Waals surface area contributed by atoms with E-state index >= 15 is 0 Å². The monoisotopic (exact) mass is 1720 g/mol. The number of hydrogen-bond donors (Lipinski definition) is 26. The fourth-order valence-corrected chi connectivity index (χ4v) is 15.3. The molecule has 26 N–H and O–H groups in total. The van der Waals surface area contributed by atoms with Gasteiger partial charge in [0.1, 0.15) is 146 Å². The zero-order chi connectivity index (χ0) is 86.2. The maximum Gasteiger partial charge on any atom is 0.315 e. The van der Waals surface area contributed by atoms with Crippen molar-refractivity contribution in [3.8, 4) is 11.5 Å². The van der Waals surface area contributed by atoms with Gasteiger partial charge in [-0.05, 0) is 44.7 Å². The summed E-state index contributed by atoms with van der Waals surface area (Å²) in [7, 11) is 0. The average molecular weight is 1720 g/mol. The number of benzene rings is 1. The molecule has 32 atom stereocenters. The summed E-state index contributed by atoms with van der Waals surface area (Å²) in [5.41, 5.74) is -0.0712. The molecule has 7 saturated heterocycles. The second-order valence-corrected chi connectivity index (χ2v) is 30.3. The standard InChI is InChI=1S/C70H114N8O39S/c1-29(85)37(19-79)109-64(36(88)25-108-67-57(99)55(97)50(92)38(20-80)110-67)115-60-41(23-83)113-65(48(53(60)95)75-30(2)86)104-14-6-10-71-45(90)26-106-33-16-32(63(102)74-13-12-73-44(89)9-5-4-8-43-47-35(28-118-43)77-70(103)78-47)17-34(18-33)107-27-46(91)72-11-7-15-105-66-49(76-31(3)87)54(96)61(42(24-84)114-66)116-69-59(101)62(52(94)40(22-82)112-69)117-68-58(100)56(98)51(93)39(21-81)111-68/h16-18,29,35-43,47-62,64-69,79-85,88,92-101H,4-15,19-28H2,1-3H3,(H,71,90)(H,72,91)(H,73,89)(H,74,102)(H,75,86)(H,76,87)(H2,77,78,103)/t29-,35+,36+,37?,38?,39?,40?,41?,42?,43+,47+,48?,49?,50?,51?,52?,53?,54?,55?,56?,57?,58?,59?,60?,61?,62?,64?,65?,66?,67?,68?,69?/m1/s1. The van der Waals surface area contributed by atoms with Crippen LogP contribution in [0.2, 0.25) is 0 Å². The fraction of sp³-hybridized carbons (Fsp3) is 0.814. The van der Waals surface area contributed by atoms with Gasteiger partial charge in [0.05, 0.1) is 77.6 Å². The van der Waals surface area contributed by atoms with Crippen molar-refractivity contribution in [3.05, 3.63) is 23.8 Å². The van der Waals surface area contributed by atoms with Crippen molar-refractivity contribution in [2.75, 3.05) is 105 Å². The number of rotatable bonds is 46. The van der Waals surface area contributed by atoms with E-state index in [9.17, 15) is 125 Å². The topological polar surface area (TPSA) is 709 Å². The van der Waals surface area contributed by atoms with Crippen LogP contribution in [0.15, 0.2) is 18.2 Å². The SMILES string of the molecule is CC(=O)NC1C(OCCCNC(=O)COc2cc(OCC(=O)NCCCOC3OC(CO)C(OC(OC(CO)[C@@H](C)O)[C@@H](O)COC4OC(CO)C(O)C(O)C4O)C(O)C3NC(C)=O)cc(C(=O)NCCNC(=O)CCCC[C@@H]3SC[C@@H]4NC(=O)N[C@@H]43)c2)OC(CO)C(OC2OC(CO)C(O)C(OC3OC(CO)C(O)C(O)C3O)C2O)C1O. The lowest BCUT2D eigenvalue weighted by molar-refractivity contribution is -0.376. The van der Waals surface area contributed by atoms with E-state index in [1.165, 1.54) is 25.1 Å². The molecule has 1 aromatic carbocycles. The molecule has 0 spiro atoms. The highest BCUT2D eigenvalue weighted by molar-refractivity contribution is 8.00. The molecule has 7 heterocycles. The number of carbonyl (C=O) groups is 7. The number of aliphatic hydroxyl groups excluding tert-OH is 18. The van der Waals surface area contributed by atoms with Gasteiger partial charge in [-0.15, -0.1) is 0 Å². The largest absolute Gasteiger partial charge is 0.484 e. The quantitative estimate of drug-likeness (QED) is 0.0164. The van der Waals surface area contributed by atoms with E-state index < -0.39 is 267 Å². The Kier molecular flexibility index (Phi) is 39.4. The molecule has 118 heavy (non-hydrogen) atoms. The third-order valence-electron chi connectivity index (χ3n) is 20.2. The lowest BCUT2D eigenvalue weighted by Crippen LogP contribution is -2.68. The lowest BCUT2D eigenvalue weighted by atomic mass is 9.95. The van der Waals surface area contributed by atoms with Gasteiger partial charge in [0.2, 0.25) is 17.7 Å². The molecule has 1 aromatic rings. The van der Waals surface area contributed by atoms with Crippen molar-refractivity contribution >= 4 is 53.2 Å². The average Bonchev–Trinajstić information content (AvgIpc) is 1.35. The zero-order valence-corrected chi connectivity index (χ0v) is 65.6. The molecule has 8 amide bonds. The van der Waals surface area contributed by atoms with Crippen molar-refractivity contribution in [1.29, 1.82) is 0 Å². The van der Waals surface area contributed by atoms with Crippen LogP contribution in [0.5, 0.6) is 11.5 Å². The summed E-state index contributed by atoms with van der Waals surface area (Å²) in [6.07, 6.45) is -44.4. The van der Waals surface area contributed by atoms with E-state index in [0.717, 1.165) is 32.4 Å². The predicted molar refractivity (Wildman–Crippen MR) is 392 cm³/mol. The summed E-state index contributed by atoms with van der Waals surface area (Å²) in [6, 6.07) is 0.807. The molecule has 0 saturated carbocycles.